The maximum Gasteiger partial charge on any atom is 0.490 e. The Morgan fingerprint density at radius 2 is 1.83 bits per heavy atom. The first-order chi connectivity index (χ1) is 17.0. The average Bonchev–Trinajstić information content (AvgIpc) is 3.16. The van der Waals surface area contributed by atoms with E-state index in [-0.39, 0.29) is 17.6 Å². The van der Waals surface area contributed by atoms with Crippen LogP contribution < -0.4 is 15.5 Å². The van der Waals surface area contributed by atoms with Crippen LogP contribution in [0.5, 0.6) is 0 Å². The Balaban J connectivity index is 0.000000454. The summed E-state index contributed by atoms with van der Waals surface area (Å²) in [6.07, 6.45) is -2.18. The number of rotatable bonds is 5. The van der Waals surface area contributed by atoms with Gasteiger partial charge in [-0.25, -0.2) is 9.18 Å². The molecule has 194 valence electrons. The van der Waals surface area contributed by atoms with Gasteiger partial charge in [-0.3, -0.25) is 14.6 Å². The monoisotopic (exact) mass is 511 g/mol. The summed E-state index contributed by atoms with van der Waals surface area (Å²) in [4.78, 5) is 41.9. The van der Waals surface area contributed by atoms with Crippen LogP contribution in [0.3, 0.4) is 0 Å². The van der Waals surface area contributed by atoms with Crippen molar-refractivity contribution in [3.63, 3.8) is 0 Å². The molecule has 1 aromatic carbocycles. The summed E-state index contributed by atoms with van der Waals surface area (Å²) in [7, 11) is 0. The highest BCUT2D eigenvalue weighted by molar-refractivity contribution is 5.93. The number of aromatic nitrogens is 1. The lowest BCUT2D eigenvalue weighted by Gasteiger charge is -2.43. The molecule has 0 atom stereocenters. The number of hydrogen-bond acceptors (Lipinski definition) is 6. The Morgan fingerprint density at radius 3 is 2.42 bits per heavy atom. The first kappa shape index (κ1) is 26.9. The molecule has 9 nitrogen and oxygen atoms in total. The molecule has 3 heterocycles. The van der Waals surface area contributed by atoms with Crippen molar-refractivity contribution < 1.29 is 37.1 Å². The zero-order valence-electron chi connectivity index (χ0n) is 19.1. The molecule has 2 saturated heterocycles. The molecule has 36 heavy (non-hydrogen) atoms. The third kappa shape index (κ3) is 6.47. The van der Waals surface area contributed by atoms with Crippen LogP contribution in [0.2, 0.25) is 0 Å². The number of carboxylic acid groups (broad SMARTS) is 1. The number of pyridine rings is 1. The molecule has 1 spiro atoms. The van der Waals surface area contributed by atoms with E-state index in [9.17, 15) is 27.2 Å². The Hall–Kier alpha value is -3.74. The van der Waals surface area contributed by atoms with Crippen molar-refractivity contribution in [1.82, 2.24) is 20.5 Å². The molecule has 0 unspecified atom stereocenters. The number of halogens is 4. The number of amides is 2. The fraction of sp³-hybridized carbons (Fsp3) is 0.391. The van der Waals surface area contributed by atoms with Crippen LogP contribution in [0.1, 0.15) is 23.3 Å². The van der Waals surface area contributed by atoms with Crippen molar-refractivity contribution in [2.24, 2.45) is 0 Å². The van der Waals surface area contributed by atoms with E-state index in [0.717, 1.165) is 18.8 Å². The van der Waals surface area contributed by atoms with E-state index in [4.69, 9.17) is 9.90 Å². The number of alkyl halides is 3. The Bertz CT molecular complexity index is 1080. The molecule has 2 amide bonds. The van der Waals surface area contributed by atoms with Gasteiger partial charge in [0.2, 0.25) is 5.91 Å². The van der Waals surface area contributed by atoms with E-state index in [1.54, 1.807) is 30.5 Å². The molecule has 0 radical (unpaired) electrons. The van der Waals surface area contributed by atoms with Crippen molar-refractivity contribution in [2.75, 3.05) is 37.7 Å². The van der Waals surface area contributed by atoms with E-state index in [0.29, 0.717) is 38.3 Å². The minimum atomic E-state index is -5.08. The predicted octanol–water partition coefficient (Wildman–Crippen LogP) is 2.01. The van der Waals surface area contributed by atoms with Gasteiger partial charge in [0.05, 0.1) is 6.67 Å². The van der Waals surface area contributed by atoms with Gasteiger partial charge in [0.1, 0.15) is 17.1 Å². The van der Waals surface area contributed by atoms with E-state index in [1.807, 2.05) is 11.0 Å². The highest BCUT2D eigenvalue weighted by atomic mass is 19.4. The van der Waals surface area contributed by atoms with Crippen molar-refractivity contribution in [3.8, 4) is 0 Å². The smallest absolute Gasteiger partial charge is 0.475 e. The fourth-order valence-corrected chi connectivity index (χ4v) is 4.13. The number of piperidine rings is 1. The molecule has 13 heteroatoms. The summed E-state index contributed by atoms with van der Waals surface area (Å²) >= 11 is 0. The standard InChI is InChI=1S/C21H24FN5O2.C2HF3O2/c22-16-4-3-5-17(14-16)27-15-25-20(29)21(27)7-11-26(12-8-21)13-10-24-19(28)18-6-1-2-9-23-18;3-2(4,5)1(6)7/h1-6,9,14H,7-8,10-13,15H2,(H,24,28)(H,25,29);(H,6,7). The predicted molar refractivity (Wildman–Crippen MR) is 121 cm³/mol. The van der Waals surface area contributed by atoms with Gasteiger partial charge in [-0.05, 0) is 43.2 Å². The highest BCUT2D eigenvalue weighted by Gasteiger charge is 2.50. The highest BCUT2D eigenvalue weighted by Crippen LogP contribution is 2.36. The number of nitrogens with zero attached hydrogens (tertiary/aromatic N) is 3. The number of likely N-dealkylation sites (tertiary alicyclic amines) is 1. The normalized spacial score (nSPS) is 17.2. The number of hydrogen-bond donors (Lipinski definition) is 3. The topological polar surface area (TPSA) is 115 Å². The average molecular weight is 511 g/mol. The summed E-state index contributed by atoms with van der Waals surface area (Å²) in [5.74, 6) is -3.25. The lowest BCUT2D eigenvalue weighted by molar-refractivity contribution is -0.192. The Morgan fingerprint density at radius 1 is 1.14 bits per heavy atom. The van der Waals surface area contributed by atoms with Gasteiger partial charge >= 0.3 is 12.1 Å². The maximum atomic E-state index is 13.7. The van der Waals surface area contributed by atoms with Crippen LogP contribution in [-0.2, 0) is 9.59 Å². The van der Waals surface area contributed by atoms with E-state index in [2.05, 4.69) is 20.5 Å². The molecule has 4 rings (SSSR count). The SMILES string of the molecule is O=C(NCCN1CCC2(CC1)C(=O)NCN2c1cccc(F)c1)c1ccccn1.O=C(O)C(F)(F)F. The molecule has 0 aliphatic carbocycles. The minimum Gasteiger partial charge on any atom is -0.475 e. The van der Waals surface area contributed by atoms with Gasteiger partial charge in [-0.15, -0.1) is 0 Å². The zero-order valence-corrected chi connectivity index (χ0v) is 19.1. The first-order valence-electron chi connectivity index (χ1n) is 11.1. The lowest BCUT2D eigenvalue weighted by atomic mass is 9.85. The molecule has 2 aliphatic heterocycles. The summed E-state index contributed by atoms with van der Waals surface area (Å²) in [6.45, 7) is 3.08. The zero-order chi connectivity index (χ0) is 26.3. The third-order valence-corrected chi connectivity index (χ3v) is 5.99. The molecule has 0 bridgehead atoms. The second-order valence-corrected chi connectivity index (χ2v) is 8.22. The van der Waals surface area contributed by atoms with Gasteiger partial charge in [-0.2, -0.15) is 13.2 Å². The van der Waals surface area contributed by atoms with E-state index >= 15 is 0 Å². The van der Waals surface area contributed by atoms with Crippen LogP contribution in [0, 0.1) is 5.82 Å². The molecule has 3 N–H and O–H groups in total. The second kappa shape index (κ2) is 11.3. The van der Waals surface area contributed by atoms with Crippen LogP contribution in [0.25, 0.3) is 0 Å². The number of carboxylic acids is 1. The molecule has 2 aliphatic rings. The van der Waals surface area contributed by atoms with Crippen LogP contribution in [0.4, 0.5) is 23.2 Å². The minimum absolute atomic E-state index is 0.00451. The fourth-order valence-electron chi connectivity index (χ4n) is 4.13. The van der Waals surface area contributed by atoms with Gasteiger partial charge in [0, 0.05) is 38.1 Å². The van der Waals surface area contributed by atoms with Crippen LogP contribution in [0.15, 0.2) is 48.7 Å². The van der Waals surface area contributed by atoms with Crippen LogP contribution in [-0.4, -0.2) is 77.3 Å². The summed E-state index contributed by atoms with van der Waals surface area (Å²) in [5, 5.41) is 12.9. The number of benzene rings is 1. The van der Waals surface area contributed by atoms with Crippen molar-refractivity contribution >= 4 is 23.5 Å². The van der Waals surface area contributed by atoms with E-state index < -0.39 is 17.7 Å². The van der Waals surface area contributed by atoms with Crippen LogP contribution >= 0.6 is 0 Å². The van der Waals surface area contributed by atoms with Crippen molar-refractivity contribution in [2.45, 2.75) is 24.6 Å². The van der Waals surface area contributed by atoms with Crippen molar-refractivity contribution in [1.29, 1.82) is 0 Å². The maximum absolute atomic E-state index is 13.7. The molecule has 2 fully saturated rings. The molecular formula is C23H25F4N5O4. The Kier molecular flexibility index (Phi) is 8.45. The van der Waals surface area contributed by atoms with Gasteiger partial charge in [0.25, 0.3) is 5.91 Å². The van der Waals surface area contributed by atoms with Gasteiger partial charge < -0.3 is 25.5 Å². The molecule has 1 aromatic heterocycles. The quantitative estimate of drug-likeness (QED) is 0.526. The Labute approximate surface area is 204 Å². The van der Waals surface area contributed by atoms with Gasteiger partial charge in [-0.1, -0.05) is 12.1 Å². The summed E-state index contributed by atoms with van der Waals surface area (Å²) in [6, 6.07) is 11.6. The van der Waals surface area contributed by atoms with E-state index in [1.165, 1.54) is 12.1 Å². The number of carbonyl (C=O) groups excluding carboxylic acids is 2. The number of carbonyl (C=O) groups is 3. The summed E-state index contributed by atoms with van der Waals surface area (Å²) in [5.41, 5.74) is 0.486. The number of nitrogens with one attached hydrogen (secondary N) is 2. The molecule has 2 aromatic rings. The third-order valence-electron chi connectivity index (χ3n) is 5.99. The number of aliphatic carboxylic acids is 1. The summed E-state index contributed by atoms with van der Waals surface area (Å²) < 4.78 is 45.4. The van der Waals surface area contributed by atoms with Gasteiger partial charge in [0.15, 0.2) is 0 Å². The first-order valence-corrected chi connectivity index (χ1v) is 11.1. The van der Waals surface area contributed by atoms with Crippen molar-refractivity contribution in [3.05, 3.63) is 60.2 Å². The second-order valence-electron chi connectivity index (χ2n) is 8.22. The molecular weight excluding hydrogens is 486 g/mol. The largest absolute Gasteiger partial charge is 0.490 e. The lowest BCUT2D eigenvalue weighted by Crippen LogP contribution is -2.57. The molecule has 0 saturated carbocycles. The number of anilines is 1.